The summed E-state index contributed by atoms with van der Waals surface area (Å²) in [4.78, 5) is 22.3. The average Bonchev–Trinajstić information content (AvgIpc) is 3.16. The molecule has 0 spiro atoms. The Bertz CT molecular complexity index is 1190. The Kier molecular flexibility index (Phi) is 5.40. The molecule has 4 aromatic rings. The van der Waals surface area contributed by atoms with Crippen molar-refractivity contribution in [3.05, 3.63) is 65.0 Å². The number of aryl methyl sites for hydroxylation is 1. The fraction of sp³-hybridized carbons (Fsp3) is 0.182. The molecule has 6 nitrogen and oxygen atoms in total. The van der Waals surface area contributed by atoms with E-state index in [1.165, 1.54) is 0 Å². The fourth-order valence-corrected chi connectivity index (χ4v) is 3.74. The van der Waals surface area contributed by atoms with Crippen LogP contribution in [0.15, 0.2) is 59.5 Å². The molecule has 0 bridgehead atoms. The predicted molar refractivity (Wildman–Crippen MR) is 116 cm³/mol. The lowest BCUT2D eigenvalue weighted by molar-refractivity contribution is 0.0528. The Hall–Kier alpha value is -3.06. The molecule has 0 saturated heterocycles. The second-order valence-corrected chi connectivity index (χ2v) is 7.30. The molecule has 0 unspecified atom stereocenters. The molecule has 0 fully saturated rings. The number of carbonyl (C=O) groups is 1. The van der Waals surface area contributed by atoms with Gasteiger partial charge in [0, 0.05) is 45.5 Å². The SMILES string of the molecule is CCOC(=O)c1c(-c2ccccc2)nc2c(cnn2CC)c1-c1cncc(Br)c1. The maximum absolute atomic E-state index is 13.1. The highest BCUT2D eigenvalue weighted by atomic mass is 79.9. The summed E-state index contributed by atoms with van der Waals surface area (Å²) in [6, 6.07) is 11.6. The van der Waals surface area contributed by atoms with E-state index in [-0.39, 0.29) is 6.61 Å². The van der Waals surface area contributed by atoms with Crippen LogP contribution >= 0.6 is 15.9 Å². The van der Waals surface area contributed by atoms with Gasteiger partial charge in [-0.05, 0) is 35.8 Å². The molecule has 4 rings (SSSR count). The Labute approximate surface area is 176 Å². The number of fused-ring (bicyclic) bond motifs is 1. The first-order valence-corrected chi connectivity index (χ1v) is 10.2. The van der Waals surface area contributed by atoms with Crippen molar-refractivity contribution in [1.29, 1.82) is 0 Å². The van der Waals surface area contributed by atoms with Crippen molar-refractivity contribution in [3.8, 4) is 22.4 Å². The van der Waals surface area contributed by atoms with Crippen LogP contribution in [0.25, 0.3) is 33.4 Å². The molecule has 1 aromatic carbocycles. The molecular formula is C22H19BrN4O2. The minimum atomic E-state index is -0.417. The van der Waals surface area contributed by atoms with Crippen molar-refractivity contribution < 1.29 is 9.53 Å². The Morgan fingerprint density at radius 1 is 1.10 bits per heavy atom. The van der Waals surface area contributed by atoms with Crippen LogP contribution in [0, 0.1) is 0 Å². The van der Waals surface area contributed by atoms with Crippen molar-refractivity contribution in [2.45, 2.75) is 20.4 Å². The number of ether oxygens (including phenoxy) is 1. The topological polar surface area (TPSA) is 69.9 Å². The molecule has 3 aromatic heterocycles. The van der Waals surface area contributed by atoms with Crippen molar-refractivity contribution in [2.75, 3.05) is 6.61 Å². The largest absolute Gasteiger partial charge is 0.462 e. The monoisotopic (exact) mass is 450 g/mol. The number of halogens is 1. The number of carbonyl (C=O) groups excluding carboxylic acids is 1. The zero-order chi connectivity index (χ0) is 20.4. The summed E-state index contributed by atoms with van der Waals surface area (Å²) in [5.74, 6) is -0.417. The zero-order valence-electron chi connectivity index (χ0n) is 16.1. The second-order valence-electron chi connectivity index (χ2n) is 6.39. The standard InChI is InChI=1S/C22H19BrN4O2/c1-3-27-21-17(13-25-27)18(15-10-16(23)12-24-11-15)19(22(28)29-4-2)20(26-21)14-8-6-5-7-9-14/h5-13H,3-4H2,1-2H3. The fourth-order valence-electron chi connectivity index (χ4n) is 3.37. The van der Waals surface area contributed by atoms with Gasteiger partial charge in [-0.2, -0.15) is 5.10 Å². The van der Waals surface area contributed by atoms with Crippen LogP contribution in [-0.2, 0) is 11.3 Å². The Morgan fingerprint density at radius 2 is 1.90 bits per heavy atom. The third-order valence-electron chi connectivity index (χ3n) is 4.61. The normalized spacial score (nSPS) is 11.0. The maximum atomic E-state index is 13.1. The Morgan fingerprint density at radius 3 is 2.59 bits per heavy atom. The van der Waals surface area contributed by atoms with Crippen molar-refractivity contribution in [1.82, 2.24) is 19.7 Å². The van der Waals surface area contributed by atoms with Gasteiger partial charge in [0.25, 0.3) is 0 Å². The number of rotatable bonds is 5. The van der Waals surface area contributed by atoms with Crippen LogP contribution in [0.4, 0.5) is 0 Å². The first kappa shape index (κ1) is 19.3. The highest BCUT2D eigenvalue weighted by Crippen LogP contribution is 2.38. The first-order chi connectivity index (χ1) is 14.1. The van der Waals surface area contributed by atoms with Gasteiger partial charge in [-0.15, -0.1) is 0 Å². The molecule has 7 heteroatoms. The molecule has 0 amide bonds. The molecule has 29 heavy (non-hydrogen) atoms. The highest BCUT2D eigenvalue weighted by molar-refractivity contribution is 9.10. The van der Waals surface area contributed by atoms with E-state index in [0.717, 1.165) is 32.2 Å². The van der Waals surface area contributed by atoms with E-state index in [0.29, 0.717) is 17.8 Å². The van der Waals surface area contributed by atoms with E-state index in [9.17, 15) is 4.79 Å². The number of nitrogens with zero attached hydrogens (tertiary/aromatic N) is 4. The van der Waals surface area contributed by atoms with Crippen molar-refractivity contribution >= 4 is 32.9 Å². The number of hydrogen-bond donors (Lipinski definition) is 0. The molecule has 0 atom stereocenters. The molecule has 0 aliphatic carbocycles. The van der Waals surface area contributed by atoms with Gasteiger partial charge in [0.05, 0.1) is 24.1 Å². The minimum absolute atomic E-state index is 0.273. The molecule has 0 radical (unpaired) electrons. The van der Waals surface area contributed by atoms with Crippen molar-refractivity contribution in [3.63, 3.8) is 0 Å². The van der Waals surface area contributed by atoms with Gasteiger partial charge in [0.1, 0.15) is 0 Å². The summed E-state index contributed by atoms with van der Waals surface area (Å²) in [5.41, 5.74) is 4.06. The van der Waals surface area contributed by atoms with Crippen LogP contribution in [0.2, 0.25) is 0 Å². The third-order valence-corrected chi connectivity index (χ3v) is 5.04. The lowest BCUT2D eigenvalue weighted by Gasteiger charge is -2.15. The van der Waals surface area contributed by atoms with E-state index in [2.05, 4.69) is 26.0 Å². The Balaban J connectivity index is 2.16. The lowest BCUT2D eigenvalue weighted by Crippen LogP contribution is -2.11. The van der Waals surface area contributed by atoms with Gasteiger partial charge < -0.3 is 4.74 Å². The summed E-state index contributed by atoms with van der Waals surface area (Å²) in [7, 11) is 0. The molecule has 3 heterocycles. The smallest absolute Gasteiger partial charge is 0.341 e. The van der Waals surface area contributed by atoms with E-state index >= 15 is 0 Å². The van der Waals surface area contributed by atoms with Crippen LogP contribution < -0.4 is 0 Å². The molecular weight excluding hydrogens is 432 g/mol. The first-order valence-electron chi connectivity index (χ1n) is 9.37. The highest BCUT2D eigenvalue weighted by Gasteiger charge is 2.26. The summed E-state index contributed by atoms with van der Waals surface area (Å²) >= 11 is 3.48. The molecule has 0 aliphatic heterocycles. The van der Waals surface area contributed by atoms with Gasteiger partial charge in [-0.1, -0.05) is 30.3 Å². The zero-order valence-corrected chi connectivity index (χ0v) is 17.7. The van der Waals surface area contributed by atoms with Crippen LogP contribution in [0.5, 0.6) is 0 Å². The number of esters is 1. The minimum Gasteiger partial charge on any atom is -0.462 e. The lowest BCUT2D eigenvalue weighted by atomic mass is 9.94. The van der Waals surface area contributed by atoms with Gasteiger partial charge in [-0.3, -0.25) is 4.98 Å². The predicted octanol–water partition coefficient (Wildman–Crippen LogP) is 5.12. The summed E-state index contributed by atoms with van der Waals surface area (Å²) < 4.78 is 8.07. The van der Waals surface area contributed by atoms with Gasteiger partial charge in [0.2, 0.25) is 0 Å². The number of benzene rings is 1. The van der Waals surface area contributed by atoms with E-state index in [4.69, 9.17) is 9.72 Å². The van der Waals surface area contributed by atoms with E-state index < -0.39 is 5.97 Å². The number of pyridine rings is 2. The van der Waals surface area contributed by atoms with Crippen LogP contribution in [0.3, 0.4) is 0 Å². The number of hydrogen-bond acceptors (Lipinski definition) is 5. The van der Waals surface area contributed by atoms with Gasteiger partial charge >= 0.3 is 5.97 Å². The van der Waals surface area contributed by atoms with Gasteiger partial charge in [0.15, 0.2) is 5.65 Å². The van der Waals surface area contributed by atoms with Gasteiger partial charge in [-0.25, -0.2) is 14.5 Å². The molecule has 0 saturated carbocycles. The second kappa shape index (κ2) is 8.13. The van der Waals surface area contributed by atoms with Crippen LogP contribution in [0.1, 0.15) is 24.2 Å². The molecule has 0 aliphatic rings. The van der Waals surface area contributed by atoms with Crippen molar-refractivity contribution in [2.24, 2.45) is 0 Å². The quantitative estimate of drug-likeness (QED) is 0.394. The molecule has 146 valence electrons. The average molecular weight is 451 g/mol. The summed E-state index contributed by atoms with van der Waals surface area (Å²) in [5, 5.41) is 5.26. The summed E-state index contributed by atoms with van der Waals surface area (Å²) in [6.07, 6.45) is 5.19. The summed E-state index contributed by atoms with van der Waals surface area (Å²) in [6.45, 7) is 4.74. The van der Waals surface area contributed by atoms with E-state index in [1.807, 2.05) is 48.0 Å². The third kappa shape index (κ3) is 3.53. The maximum Gasteiger partial charge on any atom is 0.341 e. The van der Waals surface area contributed by atoms with E-state index in [1.54, 1.807) is 25.5 Å². The van der Waals surface area contributed by atoms with Crippen LogP contribution in [-0.4, -0.2) is 32.3 Å². The number of aromatic nitrogens is 4. The molecule has 0 N–H and O–H groups in total.